The first-order valence-corrected chi connectivity index (χ1v) is 11.2. The summed E-state index contributed by atoms with van der Waals surface area (Å²) in [7, 11) is -3.60. The number of rotatable bonds is 6. The topological polar surface area (TPSA) is 133 Å². The second-order valence-electron chi connectivity index (χ2n) is 7.11. The molecule has 0 saturated heterocycles. The Morgan fingerprint density at radius 3 is 1.91 bits per heavy atom. The van der Waals surface area contributed by atoms with Crippen LogP contribution in [0.4, 0.5) is 10.5 Å². The lowest BCUT2D eigenvalue weighted by atomic mass is 10.1. The third-order valence-electron chi connectivity index (χ3n) is 4.78. The van der Waals surface area contributed by atoms with E-state index in [0.29, 0.717) is 11.3 Å². The number of amides is 1. The first-order valence-electron chi connectivity index (χ1n) is 9.72. The number of carboxylic acid groups (broad SMARTS) is 2. The predicted molar refractivity (Wildman–Crippen MR) is 119 cm³/mol. The molecule has 1 amide bonds. The Labute approximate surface area is 185 Å². The van der Waals surface area contributed by atoms with Gasteiger partial charge in [-0.25, -0.2) is 17.9 Å². The van der Waals surface area contributed by atoms with E-state index in [1.807, 2.05) is 36.4 Å². The number of benzene rings is 3. The van der Waals surface area contributed by atoms with Crippen molar-refractivity contribution in [2.24, 2.45) is 0 Å². The standard InChI is InChI=1S/C22H20N2O3S.CH2O3/c25-22(17-9-5-2-6-10-17)23-18-11-13-19(14-12-18)28(26,27)24-21-15-20(21)16-7-3-1-4-8-16;2-1(3)4/h1-14,20-21,24H,15H2,(H,23,25);(H2,2,3,4)/t20-,21+;/m1./s1. The highest BCUT2D eigenvalue weighted by Crippen LogP contribution is 2.41. The lowest BCUT2D eigenvalue weighted by Crippen LogP contribution is -2.26. The van der Waals surface area contributed by atoms with Crippen LogP contribution < -0.4 is 10.0 Å². The van der Waals surface area contributed by atoms with Crippen molar-refractivity contribution < 1.29 is 28.2 Å². The van der Waals surface area contributed by atoms with E-state index in [9.17, 15) is 13.2 Å². The summed E-state index contributed by atoms with van der Waals surface area (Å²) >= 11 is 0. The molecular weight excluding hydrogens is 432 g/mol. The second kappa shape index (κ2) is 10.1. The van der Waals surface area contributed by atoms with Gasteiger partial charge in [-0.3, -0.25) is 4.79 Å². The van der Waals surface area contributed by atoms with E-state index in [2.05, 4.69) is 10.0 Å². The van der Waals surface area contributed by atoms with Gasteiger partial charge in [-0.1, -0.05) is 48.5 Å². The molecule has 1 aliphatic carbocycles. The molecule has 0 aromatic heterocycles. The molecule has 0 unspecified atom stereocenters. The van der Waals surface area contributed by atoms with Gasteiger partial charge in [0.1, 0.15) is 0 Å². The van der Waals surface area contributed by atoms with Crippen molar-refractivity contribution in [1.82, 2.24) is 4.72 Å². The zero-order chi connectivity index (χ0) is 23.1. The summed E-state index contributed by atoms with van der Waals surface area (Å²) in [5, 5.41) is 16.7. The van der Waals surface area contributed by atoms with Crippen molar-refractivity contribution in [1.29, 1.82) is 0 Å². The van der Waals surface area contributed by atoms with E-state index in [0.717, 1.165) is 12.0 Å². The first-order chi connectivity index (χ1) is 15.3. The molecule has 0 spiro atoms. The number of hydrogen-bond acceptors (Lipinski definition) is 4. The summed E-state index contributed by atoms with van der Waals surface area (Å²) in [6.07, 6.45) is -1.03. The summed E-state index contributed by atoms with van der Waals surface area (Å²) in [5.74, 6) is -0.0153. The highest BCUT2D eigenvalue weighted by atomic mass is 32.2. The normalized spacial score (nSPS) is 16.9. The summed E-state index contributed by atoms with van der Waals surface area (Å²) in [6.45, 7) is 0. The number of hydrogen-bond donors (Lipinski definition) is 4. The fraction of sp³-hybridized carbons (Fsp3) is 0.130. The van der Waals surface area contributed by atoms with Gasteiger partial charge in [-0.05, 0) is 48.4 Å². The molecule has 3 aromatic carbocycles. The third kappa shape index (κ3) is 6.40. The zero-order valence-electron chi connectivity index (χ0n) is 16.9. The molecule has 0 bridgehead atoms. The van der Waals surface area contributed by atoms with Gasteiger partial charge in [-0.2, -0.15) is 0 Å². The molecule has 4 rings (SSSR count). The molecule has 8 nitrogen and oxygen atoms in total. The van der Waals surface area contributed by atoms with E-state index in [-0.39, 0.29) is 22.8 Å². The van der Waals surface area contributed by atoms with Crippen LogP contribution in [0.25, 0.3) is 0 Å². The maximum Gasteiger partial charge on any atom is 0.503 e. The van der Waals surface area contributed by atoms with Crippen LogP contribution in [0, 0.1) is 0 Å². The Morgan fingerprint density at radius 2 is 1.34 bits per heavy atom. The van der Waals surface area contributed by atoms with Crippen molar-refractivity contribution in [3.63, 3.8) is 0 Å². The molecule has 0 heterocycles. The van der Waals surface area contributed by atoms with Crippen molar-refractivity contribution in [2.45, 2.75) is 23.3 Å². The van der Waals surface area contributed by atoms with Crippen LogP contribution in [0.5, 0.6) is 0 Å². The van der Waals surface area contributed by atoms with E-state index < -0.39 is 16.2 Å². The van der Waals surface area contributed by atoms with E-state index >= 15 is 0 Å². The van der Waals surface area contributed by atoms with Crippen LogP contribution >= 0.6 is 0 Å². The third-order valence-corrected chi connectivity index (χ3v) is 6.29. The van der Waals surface area contributed by atoms with Crippen LogP contribution in [0.2, 0.25) is 0 Å². The number of carbonyl (C=O) groups excluding carboxylic acids is 1. The average molecular weight is 455 g/mol. The minimum absolute atomic E-state index is 0.0788. The van der Waals surface area contributed by atoms with Crippen molar-refractivity contribution in [3.05, 3.63) is 96.1 Å². The van der Waals surface area contributed by atoms with Gasteiger partial charge in [0, 0.05) is 23.2 Å². The maximum atomic E-state index is 12.6. The quantitative estimate of drug-likeness (QED) is 0.445. The van der Waals surface area contributed by atoms with Gasteiger partial charge in [-0.15, -0.1) is 0 Å². The average Bonchev–Trinajstić information content (AvgIpc) is 3.53. The van der Waals surface area contributed by atoms with Gasteiger partial charge < -0.3 is 15.5 Å². The minimum Gasteiger partial charge on any atom is -0.450 e. The first kappa shape index (κ1) is 23.0. The molecule has 4 N–H and O–H groups in total. The Balaban J connectivity index is 0.000000668. The summed E-state index contributed by atoms with van der Waals surface area (Å²) in [6, 6.07) is 24.9. The summed E-state index contributed by atoms with van der Waals surface area (Å²) in [4.78, 5) is 20.9. The van der Waals surface area contributed by atoms with Crippen molar-refractivity contribution in [2.75, 3.05) is 5.32 Å². The van der Waals surface area contributed by atoms with Crippen LogP contribution in [0.15, 0.2) is 89.8 Å². The van der Waals surface area contributed by atoms with Crippen molar-refractivity contribution >= 4 is 27.8 Å². The molecule has 1 aliphatic rings. The molecular formula is C23H22N2O6S. The van der Waals surface area contributed by atoms with E-state index in [1.165, 1.54) is 12.1 Å². The molecule has 1 fully saturated rings. The molecule has 32 heavy (non-hydrogen) atoms. The van der Waals surface area contributed by atoms with Crippen LogP contribution in [0.1, 0.15) is 28.3 Å². The molecule has 166 valence electrons. The smallest absolute Gasteiger partial charge is 0.450 e. The lowest BCUT2D eigenvalue weighted by Gasteiger charge is -2.09. The second-order valence-corrected chi connectivity index (χ2v) is 8.82. The Morgan fingerprint density at radius 1 is 0.812 bits per heavy atom. The predicted octanol–water partition coefficient (Wildman–Crippen LogP) is 4.00. The molecule has 0 radical (unpaired) electrons. The number of anilines is 1. The number of carbonyl (C=O) groups is 2. The van der Waals surface area contributed by atoms with Gasteiger partial charge in [0.05, 0.1) is 4.90 Å². The Bertz CT molecular complexity index is 1160. The lowest BCUT2D eigenvalue weighted by molar-refractivity contribution is 0.102. The van der Waals surface area contributed by atoms with Gasteiger partial charge >= 0.3 is 6.16 Å². The number of sulfonamides is 1. The summed E-state index contributed by atoms with van der Waals surface area (Å²) < 4.78 is 28.0. The molecule has 0 aliphatic heterocycles. The van der Waals surface area contributed by atoms with Crippen LogP contribution in [0.3, 0.4) is 0 Å². The molecule has 3 aromatic rings. The zero-order valence-corrected chi connectivity index (χ0v) is 17.7. The molecule has 9 heteroatoms. The highest BCUT2D eigenvalue weighted by Gasteiger charge is 2.41. The van der Waals surface area contributed by atoms with E-state index in [4.69, 9.17) is 15.0 Å². The Kier molecular flexibility index (Phi) is 7.24. The number of nitrogens with one attached hydrogen (secondary N) is 2. The largest absolute Gasteiger partial charge is 0.503 e. The molecule has 1 saturated carbocycles. The van der Waals surface area contributed by atoms with Crippen molar-refractivity contribution in [3.8, 4) is 0 Å². The van der Waals surface area contributed by atoms with Gasteiger partial charge in [0.25, 0.3) is 5.91 Å². The van der Waals surface area contributed by atoms with Gasteiger partial charge in [0.15, 0.2) is 0 Å². The SMILES string of the molecule is O=C(Nc1ccc(S(=O)(=O)N[C@H]2C[C@@H]2c2ccccc2)cc1)c1ccccc1.O=C(O)O. The van der Waals surface area contributed by atoms with E-state index in [1.54, 1.807) is 36.4 Å². The maximum absolute atomic E-state index is 12.6. The fourth-order valence-corrected chi connectivity index (χ4v) is 4.46. The fourth-order valence-electron chi connectivity index (χ4n) is 3.17. The Hall–Kier alpha value is -3.69. The highest BCUT2D eigenvalue weighted by molar-refractivity contribution is 7.89. The van der Waals surface area contributed by atoms with Crippen LogP contribution in [-0.4, -0.2) is 36.7 Å². The minimum atomic E-state index is -3.60. The van der Waals surface area contributed by atoms with Crippen LogP contribution in [-0.2, 0) is 10.0 Å². The summed E-state index contributed by atoms with van der Waals surface area (Å²) in [5.41, 5.74) is 2.23. The monoisotopic (exact) mass is 454 g/mol. The van der Waals surface area contributed by atoms with Gasteiger partial charge in [0.2, 0.25) is 10.0 Å². The molecule has 2 atom stereocenters.